The van der Waals surface area contributed by atoms with E-state index in [0.717, 1.165) is 35.3 Å². The first kappa shape index (κ1) is 13.7. The molecule has 1 fully saturated rings. The Morgan fingerprint density at radius 3 is 2.80 bits per heavy atom. The number of nitrogens with one attached hydrogen (secondary N) is 1. The second kappa shape index (κ2) is 6.46. The number of rotatable bonds is 7. The molecule has 106 valence electrons. The third-order valence-corrected chi connectivity index (χ3v) is 4.55. The lowest BCUT2D eigenvalue weighted by atomic mass is 10.2. The van der Waals surface area contributed by atoms with Gasteiger partial charge in [-0.05, 0) is 49.6 Å². The van der Waals surface area contributed by atoms with Crippen LogP contribution in [0.4, 0.5) is 4.39 Å². The molecule has 4 heteroatoms. The van der Waals surface area contributed by atoms with Crippen LogP contribution in [-0.2, 0) is 6.54 Å². The van der Waals surface area contributed by atoms with Gasteiger partial charge in [0.1, 0.15) is 10.8 Å². The smallest absolute Gasteiger partial charge is 0.123 e. The van der Waals surface area contributed by atoms with Crippen molar-refractivity contribution in [2.45, 2.75) is 32.2 Å². The third-order valence-electron chi connectivity index (χ3n) is 3.61. The predicted molar refractivity (Wildman–Crippen MR) is 81.2 cm³/mol. The molecule has 1 aromatic carbocycles. The van der Waals surface area contributed by atoms with Crippen molar-refractivity contribution in [2.75, 3.05) is 6.54 Å². The van der Waals surface area contributed by atoms with E-state index in [4.69, 9.17) is 0 Å². The summed E-state index contributed by atoms with van der Waals surface area (Å²) in [6, 6.07) is 6.51. The fraction of sp³-hybridized carbons (Fsp3) is 0.438. The van der Waals surface area contributed by atoms with Gasteiger partial charge in [0.25, 0.3) is 0 Å². The summed E-state index contributed by atoms with van der Waals surface area (Å²) in [5, 5.41) is 6.48. The highest BCUT2D eigenvalue weighted by Gasteiger charge is 2.19. The maximum absolute atomic E-state index is 12.9. The van der Waals surface area contributed by atoms with E-state index in [1.165, 1.54) is 37.8 Å². The lowest BCUT2D eigenvalue weighted by Gasteiger charge is -2.01. The molecule has 2 nitrogen and oxygen atoms in total. The van der Waals surface area contributed by atoms with E-state index in [2.05, 4.69) is 15.7 Å². The van der Waals surface area contributed by atoms with Crippen LogP contribution in [0.3, 0.4) is 0 Å². The molecule has 0 spiro atoms. The summed E-state index contributed by atoms with van der Waals surface area (Å²) in [6.45, 7) is 1.89. The molecule has 1 aliphatic carbocycles. The van der Waals surface area contributed by atoms with Crippen LogP contribution in [0.2, 0.25) is 0 Å². The monoisotopic (exact) mass is 290 g/mol. The van der Waals surface area contributed by atoms with E-state index in [-0.39, 0.29) is 5.82 Å². The van der Waals surface area contributed by atoms with Crippen LogP contribution in [0.1, 0.15) is 31.4 Å². The standard InChI is InChI=1S/C16H19FN2S/c17-14-7-5-13(6-8-14)16-19-15(11-20-16)10-18-9-1-2-12-3-4-12/h5-8,11-12,18H,1-4,9-10H2. The van der Waals surface area contributed by atoms with Crippen molar-refractivity contribution in [1.82, 2.24) is 10.3 Å². The molecule has 2 aromatic rings. The molecule has 0 radical (unpaired) electrons. The number of hydrogen-bond acceptors (Lipinski definition) is 3. The van der Waals surface area contributed by atoms with E-state index in [1.54, 1.807) is 23.5 Å². The second-order valence-corrected chi connectivity index (χ2v) is 6.27. The molecule has 0 bridgehead atoms. The van der Waals surface area contributed by atoms with Crippen LogP contribution in [0.25, 0.3) is 10.6 Å². The van der Waals surface area contributed by atoms with Crippen molar-refractivity contribution in [3.63, 3.8) is 0 Å². The Morgan fingerprint density at radius 2 is 2.05 bits per heavy atom. The van der Waals surface area contributed by atoms with Gasteiger partial charge in [0.2, 0.25) is 0 Å². The number of thiazole rings is 1. The number of nitrogens with zero attached hydrogens (tertiary/aromatic N) is 1. The van der Waals surface area contributed by atoms with Gasteiger partial charge in [-0.15, -0.1) is 11.3 Å². The Bertz CT molecular complexity index is 546. The Balaban J connectivity index is 1.47. The molecule has 0 saturated heterocycles. The molecule has 0 unspecified atom stereocenters. The summed E-state index contributed by atoms with van der Waals surface area (Å²) in [4.78, 5) is 4.59. The molecule has 3 rings (SSSR count). The van der Waals surface area contributed by atoms with Gasteiger partial charge in [0.05, 0.1) is 5.69 Å². The zero-order chi connectivity index (χ0) is 13.8. The molecule has 1 aliphatic rings. The quantitative estimate of drug-likeness (QED) is 0.772. The molecule has 20 heavy (non-hydrogen) atoms. The van der Waals surface area contributed by atoms with Crippen LogP contribution in [0.5, 0.6) is 0 Å². The average Bonchev–Trinajstić information content (AvgIpc) is 3.16. The van der Waals surface area contributed by atoms with E-state index in [1.807, 2.05) is 0 Å². The Hall–Kier alpha value is -1.26. The largest absolute Gasteiger partial charge is 0.311 e. The SMILES string of the molecule is Fc1ccc(-c2nc(CNCCCC3CC3)cs2)cc1. The normalized spacial score (nSPS) is 14.7. The first-order chi connectivity index (χ1) is 9.81. The lowest BCUT2D eigenvalue weighted by molar-refractivity contribution is 0.590. The Labute approximate surface area is 123 Å². The van der Waals surface area contributed by atoms with Gasteiger partial charge in [0, 0.05) is 17.5 Å². The van der Waals surface area contributed by atoms with Crippen molar-refractivity contribution in [3.8, 4) is 10.6 Å². The van der Waals surface area contributed by atoms with Crippen molar-refractivity contribution in [3.05, 3.63) is 41.2 Å². The fourth-order valence-corrected chi connectivity index (χ4v) is 3.08. The minimum atomic E-state index is -0.206. The number of benzene rings is 1. The van der Waals surface area contributed by atoms with Crippen LogP contribution in [-0.4, -0.2) is 11.5 Å². The van der Waals surface area contributed by atoms with Gasteiger partial charge in [0.15, 0.2) is 0 Å². The maximum atomic E-state index is 12.9. The summed E-state index contributed by atoms with van der Waals surface area (Å²) >= 11 is 1.61. The minimum Gasteiger partial charge on any atom is -0.311 e. The Kier molecular flexibility index (Phi) is 4.43. The van der Waals surface area contributed by atoms with Crippen LogP contribution in [0, 0.1) is 11.7 Å². The van der Waals surface area contributed by atoms with Crippen LogP contribution < -0.4 is 5.32 Å². The Morgan fingerprint density at radius 1 is 1.25 bits per heavy atom. The summed E-state index contributed by atoms with van der Waals surface area (Å²) in [5.41, 5.74) is 2.05. The summed E-state index contributed by atoms with van der Waals surface area (Å²) in [7, 11) is 0. The molecular weight excluding hydrogens is 271 g/mol. The first-order valence-corrected chi connectivity index (χ1v) is 8.10. The molecule has 1 aromatic heterocycles. The topological polar surface area (TPSA) is 24.9 Å². The number of aromatic nitrogens is 1. The molecule has 1 heterocycles. The van der Waals surface area contributed by atoms with Crippen LogP contribution >= 0.6 is 11.3 Å². The molecule has 0 aliphatic heterocycles. The highest BCUT2D eigenvalue weighted by atomic mass is 32.1. The van der Waals surface area contributed by atoms with E-state index >= 15 is 0 Å². The molecule has 1 N–H and O–H groups in total. The van der Waals surface area contributed by atoms with Crippen molar-refractivity contribution in [1.29, 1.82) is 0 Å². The van der Waals surface area contributed by atoms with Gasteiger partial charge in [-0.2, -0.15) is 0 Å². The van der Waals surface area contributed by atoms with Gasteiger partial charge in [-0.25, -0.2) is 9.37 Å². The van der Waals surface area contributed by atoms with Gasteiger partial charge in [-0.1, -0.05) is 12.8 Å². The summed E-state index contributed by atoms with van der Waals surface area (Å²) in [5.74, 6) is 0.809. The highest BCUT2D eigenvalue weighted by molar-refractivity contribution is 7.13. The predicted octanol–water partition coefficient (Wildman–Crippen LogP) is 4.23. The third kappa shape index (κ3) is 3.87. The first-order valence-electron chi connectivity index (χ1n) is 7.22. The fourth-order valence-electron chi connectivity index (χ4n) is 2.25. The average molecular weight is 290 g/mol. The highest BCUT2D eigenvalue weighted by Crippen LogP contribution is 2.33. The van der Waals surface area contributed by atoms with Gasteiger partial charge < -0.3 is 5.32 Å². The molecule has 0 atom stereocenters. The summed E-state index contributed by atoms with van der Waals surface area (Å²) in [6.07, 6.45) is 5.50. The molecular formula is C16H19FN2S. The zero-order valence-corrected chi connectivity index (χ0v) is 12.3. The molecule has 1 saturated carbocycles. The summed E-state index contributed by atoms with van der Waals surface area (Å²) < 4.78 is 12.9. The van der Waals surface area contributed by atoms with Crippen molar-refractivity contribution >= 4 is 11.3 Å². The zero-order valence-electron chi connectivity index (χ0n) is 11.4. The second-order valence-electron chi connectivity index (χ2n) is 5.41. The van der Waals surface area contributed by atoms with E-state index < -0.39 is 0 Å². The van der Waals surface area contributed by atoms with E-state index in [0.29, 0.717) is 0 Å². The van der Waals surface area contributed by atoms with Crippen LogP contribution in [0.15, 0.2) is 29.6 Å². The molecule has 0 amide bonds. The van der Waals surface area contributed by atoms with Gasteiger partial charge in [-0.3, -0.25) is 0 Å². The van der Waals surface area contributed by atoms with Crippen molar-refractivity contribution < 1.29 is 4.39 Å². The van der Waals surface area contributed by atoms with Gasteiger partial charge >= 0.3 is 0 Å². The lowest BCUT2D eigenvalue weighted by Crippen LogP contribution is -2.14. The maximum Gasteiger partial charge on any atom is 0.123 e. The minimum absolute atomic E-state index is 0.206. The van der Waals surface area contributed by atoms with E-state index in [9.17, 15) is 4.39 Å². The number of halogens is 1. The number of hydrogen-bond donors (Lipinski definition) is 1. The van der Waals surface area contributed by atoms with Crippen molar-refractivity contribution in [2.24, 2.45) is 5.92 Å².